The molecule has 0 aromatic heterocycles. The van der Waals surface area contributed by atoms with Crippen molar-refractivity contribution in [3.8, 4) is 17.6 Å². The minimum absolute atomic E-state index is 0.0205. The highest BCUT2D eigenvalue weighted by Gasteiger charge is 2.28. The standard InChI is InChI=1S/C27H37NO3/c1-7-8-9-10-11-12-15-23(29)22-18-17-21-14-13-16-24(31-6)25(21)26(22)27(30)28(19(2)3)20(4)5/h13-14,16-20,23,29H,7-11H2,1-6H3/t23-/m1/s1. The zero-order chi connectivity index (χ0) is 23.0. The van der Waals surface area contributed by atoms with Gasteiger partial charge in [-0.1, -0.05) is 56.4 Å². The molecule has 1 amide bonds. The molecule has 1 N–H and O–H groups in total. The third kappa shape index (κ3) is 6.02. The smallest absolute Gasteiger partial charge is 0.255 e. The third-order valence-electron chi connectivity index (χ3n) is 5.51. The predicted octanol–water partition coefficient (Wildman–Crippen LogP) is 6.11. The second-order valence-corrected chi connectivity index (χ2v) is 8.52. The fourth-order valence-electron chi connectivity index (χ4n) is 4.07. The highest BCUT2D eigenvalue weighted by molar-refractivity contribution is 6.11. The van der Waals surface area contributed by atoms with E-state index >= 15 is 0 Å². The molecular weight excluding hydrogens is 386 g/mol. The minimum Gasteiger partial charge on any atom is -0.496 e. The minimum atomic E-state index is -1.03. The highest BCUT2D eigenvalue weighted by atomic mass is 16.5. The third-order valence-corrected chi connectivity index (χ3v) is 5.51. The van der Waals surface area contributed by atoms with E-state index in [-0.39, 0.29) is 18.0 Å². The number of fused-ring (bicyclic) bond motifs is 1. The van der Waals surface area contributed by atoms with Crippen LogP contribution < -0.4 is 4.74 Å². The molecule has 0 aliphatic heterocycles. The van der Waals surface area contributed by atoms with Gasteiger partial charge in [-0.25, -0.2) is 0 Å². The van der Waals surface area contributed by atoms with Crippen LogP contribution in [-0.4, -0.2) is 35.1 Å². The number of amides is 1. The molecule has 4 heteroatoms. The van der Waals surface area contributed by atoms with Crippen LogP contribution in [0.15, 0.2) is 30.3 Å². The van der Waals surface area contributed by atoms with Crippen LogP contribution in [0.4, 0.5) is 0 Å². The number of aliphatic hydroxyl groups is 1. The molecule has 0 fully saturated rings. The Morgan fingerprint density at radius 3 is 2.39 bits per heavy atom. The van der Waals surface area contributed by atoms with Gasteiger partial charge in [0.15, 0.2) is 0 Å². The number of rotatable bonds is 9. The molecule has 0 heterocycles. The molecule has 0 saturated heterocycles. The van der Waals surface area contributed by atoms with Gasteiger partial charge in [-0.2, -0.15) is 0 Å². The molecule has 1 atom stereocenters. The first-order chi connectivity index (χ1) is 14.8. The van der Waals surface area contributed by atoms with Crippen molar-refractivity contribution in [1.29, 1.82) is 0 Å². The highest BCUT2D eigenvalue weighted by Crippen LogP contribution is 2.35. The van der Waals surface area contributed by atoms with Crippen LogP contribution in [-0.2, 0) is 0 Å². The molecule has 2 aromatic carbocycles. The largest absolute Gasteiger partial charge is 0.496 e. The van der Waals surface area contributed by atoms with Crippen molar-refractivity contribution in [3.05, 3.63) is 41.5 Å². The molecule has 0 unspecified atom stereocenters. The lowest BCUT2D eigenvalue weighted by Crippen LogP contribution is -2.42. The average Bonchev–Trinajstić information content (AvgIpc) is 2.74. The van der Waals surface area contributed by atoms with Crippen LogP contribution in [0.5, 0.6) is 5.75 Å². The van der Waals surface area contributed by atoms with Gasteiger partial charge < -0.3 is 14.7 Å². The molecule has 0 saturated carbocycles. The van der Waals surface area contributed by atoms with E-state index in [0.717, 1.165) is 30.0 Å². The van der Waals surface area contributed by atoms with Gasteiger partial charge in [-0.05, 0) is 45.6 Å². The zero-order valence-electron chi connectivity index (χ0n) is 19.9. The lowest BCUT2D eigenvalue weighted by molar-refractivity contribution is 0.0641. The number of carbonyl (C=O) groups is 1. The summed E-state index contributed by atoms with van der Waals surface area (Å²) in [6.45, 7) is 10.2. The number of hydrogen-bond acceptors (Lipinski definition) is 3. The van der Waals surface area contributed by atoms with Crippen LogP contribution in [0, 0.1) is 11.8 Å². The molecule has 0 bridgehead atoms. The number of unbranched alkanes of at least 4 members (excludes halogenated alkanes) is 4. The summed E-state index contributed by atoms with van der Waals surface area (Å²) in [5, 5.41) is 12.6. The quantitative estimate of drug-likeness (QED) is 0.391. The normalized spacial score (nSPS) is 12.0. The lowest BCUT2D eigenvalue weighted by atomic mass is 9.93. The van der Waals surface area contributed by atoms with E-state index in [1.165, 1.54) is 12.8 Å². The van der Waals surface area contributed by atoms with E-state index in [4.69, 9.17) is 4.74 Å². The predicted molar refractivity (Wildman–Crippen MR) is 128 cm³/mol. The van der Waals surface area contributed by atoms with Crippen molar-refractivity contribution in [1.82, 2.24) is 4.90 Å². The number of carbonyl (C=O) groups excluding carboxylic acids is 1. The summed E-state index contributed by atoms with van der Waals surface area (Å²) in [5.74, 6) is 6.58. The second-order valence-electron chi connectivity index (χ2n) is 8.52. The van der Waals surface area contributed by atoms with E-state index in [2.05, 4.69) is 18.8 Å². The first kappa shape index (κ1) is 24.8. The number of hydrogen-bond donors (Lipinski definition) is 1. The first-order valence-corrected chi connectivity index (χ1v) is 11.4. The van der Waals surface area contributed by atoms with Gasteiger partial charge in [0, 0.05) is 29.5 Å². The summed E-state index contributed by atoms with van der Waals surface area (Å²) in [6.07, 6.45) is 4.29. The second kappa shape index (κ2) is 11.8. The average molecular weight is 424 g/mol. The van der Waals surface area contributed by atoms with Crippen molar-refractivity contribution in [2.75, 3.05) is 7.11 Å². The van der Waals surface area contributed by atoms with Gasteiger partial charge in [-0.3, -0.25) is 4.79 Å². The Labute approximate surface area is 187 Å². The number of ether oxygens (including phenoxy) is 1. The molecule has 31 heavy (non-hydrogen) atoms. The van der Waals surface area contributed by atoms with Gasteiger partial charge in [0.05, 0.1) is 12.7 Å². The van der Waals surface area contributed by atoms with Crippen molar-refractivity contribution < 1.29 is 14.6 Å². The van der Waals surface area contributed by atoms with Crippen molar-refractivity contribution >= 4 is 16.7 Å². The Morgan fingerprint density at radius 2 is 1.77 bits per heavy atom. The van der Waals surface area contributed by atoms with Gasteiger partial charge in [0.2, 0.25) is 0 Å². The molecule has 2 rings (SSSR count). The van der Waals surface area contributed by atoms with E-state index in [1.807, 2.05) is 62.9 Å². The van der Waals surface area contributed by atoms with Crippen LogP contribution in [0.3, 0.4) is 0 Å². The van der Waals surface area contributed by atoms with Gasteiger partial charge in [0.25, 0.3) is 5.91 Å². The summed E-state index contributed by atoms with van der Waals surface area (Å²) < 4.78 is 5.60. The zero-order valence-corrected chi connectivity index (χ0v) is 19.9. The van der Waals surface area contributed by atoms with Crippen LogP contribution >= 0.6 is 0 Å². The summed E-state index contributed by atoms with van der Waals surface area (Å²) in [5.41, 5.74) is 1.01. The van der Waals surface area contributed by atoms with E-state index in [9.17, 15) is 9.90 Å². The molecule has 0 radical (unpaired) electrons. The maximum atomic E-state index is 13.8. The summed E-state index contributed by atoms with van der Waals surface area (Å²) in [6, 6.07) is 9.50. The van der Waals surface area contributed by atoms with Crippen LogP contribution in [0.2, 0.25) is 0 Å². The van der Waals surface area contributed by atoms with E-state index in [0.29, 0.717) is 16.9 Å². The molecule has 2 aromatic rings. The molecular formula is C27H37NO3. The lowest BCUT2D eigenvalue weighted by Gasteiger charge is -2.32. The number of aliphatic hydroxyl groups excluding tert-OH is 1. The molecule has 0 aliphatic carbocycles. The van der Waals surface area contributed by atoms with Crippen molar-refractivity contribution in [2.45, 2.75) is 84.9 Å². The Morgan fingerprint density at radius 1 is 1.06 bits per heavy atom. The summed E-state index contributed by atoms with van der Waals surface area (Å²) in [4.78, 5) is 15.6. The number of benzene rings is 2. The first-order valence-electron chi connectivity index (χ1n) is 11.4. The summed E-state index contributed by atoms with van der Waals surface area (Å²) in [7, 11) is 1.60. The monoisotopic (exact) mass is 423 g/mol. The maximum absolute atomic E-state index is 13.8. The summed E-state index contributed by atoms with van der Waals surface area (Å²) >= 11 is 0. The number of methoxy groups -OCH3 is 1. The van der Waals surface area contributed by atoms with Gasteiger partial charge in [0.1, 0.15) is 11.9 Å². The Kier molecular flexibility index (Phi) is 9.40. The van der Waals surface area contributed by atoms with E-state index in [1.54, 1.807) is 7.11 Å². The van der Waals surface area contributed by atoms with Gasteiger partial charge in [-0.15, -0.1) is 5.92 Å². The molecule has 0 spiro atoms. The van der Waals surface area contributed by atoms with Gasteiger partial charge >= 0.3 is 0 Å². The van der Waals surface area contributed by atoms with Crippen molar-refractivity contribution in [2.24, 2.45) is 0 Å². The SMILES string of the molecule is CCCCCCC#C[C@@H](O)c1ccc2cccc(OC)c2c1C(=O)N(C(C)C)C(C)C. The fraction of sp³-hybridized carbons (Fsp3) is 0.519. The van der Waals surface area contributed by atoms with E-state index < -0.39 is 6.10 Å². The van der Waals surface area contributed by atoms with Crippen LogP contribution in [0.1, 0.15) is 88.7 Å². The topological polar surface area (TPSA) is 49.8 Å². The Bertz CT molecular complexity index is 929. The molecule has 0 aliphatic rings. The number of nitrogens with zero attached hydrogens (tertiary/aromatic N) is 1. The van der Waals surface area contributed by atoms with Crippen LogP contribution in [0.25, 0.3) is 10.8 Å². The maximum Gasteiger partial charge on any atom is 0.255 e. The molecule has 4 nitrogen and oxygen atoms in total. The van der Waals surface area contributed by atoms with Crippen molar-refractivity contribution in [3.63, 3.8) is 0 Å². The fourth-order valence-corrected chi connectivity index (χ4v) is 4.07. The Hall–Kier alpha value is -2.51. The Balaban J connectivity index is 2.57. The molecule has 168 valence electrons.